The predicted molar refractivity (Wildman–Crippen MR) is 152 cm³/mol. The molecule has 14 heteroatoms. The van der Waals surface area contributed by atoms with Crippen LogP contribution in [0.15, 0.2) is 30.6 Å². The summed E-state index contributed by atoms with van der Waals surface area (Å²) in [5.74, 6) is -0.252. The number of carbonyl (C=O) groups is 1. The highest BCUT2D eigenvalue weighted by Crippen LogP contribution is 2.35. The Morgan fingerprint density at radius 1 is 1.19 bits per heavy atom. The third-order valence-electron chi connectivity index (χ3n) is 7.40. The molecule has 5 rings (SSSR count). The molecule has 0 unspecified atom stereocenters. The Balaban J connectivity index is 1.30. The Kier molecular flexibility index (Phi) is 8.67. The molecule has 0 radical (unpaired) electrons. The fourth-order valence-corrected chi connectivity index (χ4v) is 5.76. The number of likely N-dealkylation sites (tertiary alicyclic amines) is 1. The number of hydrogen-bond acceptors (Lipinski definition) is 8. The molecule has 228 valence electrons. The first-order chi connectivity index (χ1) is 19.9. The molecule has 4 heterocycles. The summed E-state index contributed by atoms with van der Waals surface area (Å²) < 4.78 is 60.7. The van der Waals surface area contributed by atoms with Crippen molar-refractivity contribution in [2.24, 2.45) is 0 Å². The molecule has 1 aromatic carbocycles. The molecule has 2 aliphatic heterocycles. The lowest BCUT2D eigenvalue weighted by molar-refractivity contribution is -0.274. The molecule has 0 saturated carbocycles. The number of nitrogen functional groups attached to an aromatic ring is 1. The average Bonchev–Trinajstić information content (AvgIpc) is 3.25. The van der Waals surface area contributed by atoms with Gasteiger partial charge in [-0.2, -0.15) is 0 Å². The van der Waals surface area contributed by atoms with Crippen molar-refractivity contribution < 1.29 is 36.9 Å². The van der Waals surface area contributed by atoms with Gasteiger partial charge in [-0.15, -0.1) is 13.2 Å². The number of halogens is 3. The minimum absolute atomic E-state index is 0.0389. The fraction of sp³-hybridized carbons (Fsp3) is 0.536. The van der Waals surface area contributed by atoms with E-state index in [2.05, 4.69) is 29.4 Å². The number of ether oxygens (including phenoxy) is 4. The Morgan fingerprint density at radius 3 is 2.55 bits per heavy atom. The highest BCUT2D eigenvalue weighted by Gasteiger charge is 2.32. The number of alkyl halides is 3. The molecule has 10 nitrogen and oxygen atoms in total. The molecule has 2 fully saturated rings. The monoisotopic (exact) mass is 607 g/mol. The van der Waals surface area contributed by atoms with Gasteiger partial charge in [0.2, 0.25) is 5.88 Å². The van der Waals surface area contributed by atoms with Crippen LogP contribution in [0, 0.1) is 0 Å². The Bertz CT molecular complexity index is 1420. The van der Waals surface area contributed by atoms with E-state index in [-0.39, 0.29) is 29.2 Å². The number of fused-ring (bicyclic) bond motifs is 1. The Labute approximate surface area is 242 Å². The molecule has 2 saturated heterocycles. The molecule has 3 aromatic rings. The maximum absolute atomic E-state index is 13.2. The SMILES string of the molecule is C[Si](C)(C)CCOCn1cc(C2CCN(C(=O)c3ccc(OC(F)(F)F)cc3N)CC2)c2nc(OC3COC3)cnc21. The topological polar surface area (TPSA) is 114 Å². The number of hydrogen-bond donors (Lipinski definition) is 1. The van der Waals surface area contributed by atoms with Crippen molar-refractivity contribution >= 4 is 30.8 Å². The normalized spacial score (nSPS) is 17.0. The van der Waals surface area contributed by atoms with Crippen LogP contribution in [-0.2, 0) is 16.2 Å². The van der Waals surface area contributed by atoms with Gasteiger partial charge < -0.3 is 34.1 Å². The second-order valence-corrected chi connectivity index (χ2v) is 17.5. The van der Waals surface area contributed by atoms with Gasteiger partial charge in [0.15, 0.2) is 5.65 Å². The van der Waals surface area contributed by atoms with Crippen LogP contribution >= 0.6 is 0 Å². The number of amides is 1. The molecular weight excluding hydrogens is 571 g/mol. The van der Waals surface area contributed by atoms with Crippen molar-refractivity contribution in [1.82, 2.24) is 19.4 Å². The quantitative estimate of drug-likeness (QED) is 0.194. The Morgan fingerprint density at radius 2 is 1.93 bits per heavy atom. The number of anilines is 1. The predicted octanol–water partition coefficient (Wildman–Crippen LogP) is 5.02. The van der Waals surface area contributed by atoms with Crippen molar-refractivity contribution in [1.29, 1.82) is 0 Å². The number of rotatable bonds is 10. The van der Waals surface area contributed by atoms with Crippen LogP contribution in [0.4, 0.5) is 18.9 Å². The molecule has 42 heavy (non-hydrogen) atoms. The number of piperidine rings is 1. The van der Waals surface area contributed by atoms with Crippen molar-refractivity contribution in [2.75, 3.05) is 38.6 Å². The summed E-state index contributed by atoms with van der Waals surface area (Å²) in [7, 11) is -1.23. The van der Waals surface area contributed by atoms with E-state index in [0.29, 0.717) is 64.0 Å². The van der Waals surface area contributed by atoms with Crippen LogP contribution in [0.5, 0.6) is 11.6 Å². The van der Waals surface area contributed by atoms with Crippen molar-refractivity contribution in [3.8, 4) is 11.6 Å². The lowest BCUT2D eigenvalue weighted by atomic mass is 9.90. The number of carbonyl (C=O) groups excluding carboxylic acids is 1. The van der Waals surface area contributed by atoms with Crippen LogP contribution in [0.1, 0.15) is 34.7 Å². The van der Waals surface area contributed by atoms with Crippen LogP contribution in [0.2, 0.25) is 25.7 Å². The van der Waals surface area contributed by atoms with E-state index < -0.39 is 20.2 Å². The van der Waals surface area contributed by atoms with E-state index in [9.17, 15) is 18.0 Å². The van der Waals surface area contributed by atoms with Crippen molar-refractivity contribution in [3.63, 3.8) is 0 Å². The molecule has 2 aliphatic rings. The van der Waals surface area contributed by atoms with Crippen molar-refractivity contribution in [2.45, 2.75) is 63.6 Å². The Hall–Kier alpha value is -3.36. The molecule has 1 amide bonds. The summed E-state index contributed by atoms with van der Waals surface area (Å²) in [5.41, 5.74) is 8.47. The number of aromatic nitrogens is 3. The first-order valence-corrected chi connectivity index (χ1v) is 17.7. The molecule has 0 spiro atoms. The third kappa shape index (κ3) is 7.34. The molecule has 0 atom stereocenters. The standard InChI is InChI=1S/C28H36F3N5O5Si/c1-42(2,3)11-10-38-17-36-14-22(25-26(36)33-13-24(34-25)40-20-15-39-16-20)18-6-8-35(9-7-18)27(37)21-5-4-19(12-23(21)32)41-28(29,30)31/h4-5,12-14,18,20H,6-11,15-17,32H2,1-3H3. The second-order valence-electron chi connectivity index (χ2n) is 11.9. The van der Waals surface area contributed by atoms with Gasteiger partial charge in [-0.1, -0.05) is 19.6 Å². The smallest absolute Gasteiger partial charge is 0.468 e. The minimum Gasteiger partial charge on any atom is -0.468 e. The van der Waals surface area contributed by atoms with Gasteiger partial charge >= 0.3 is 6.36 Å². The zero-order valence-corrected chi connectivity index (χ0v) is 24.9. The van der Waals surface area contributed by atoms with E-state index in [1.54, 1.807) is 11.1 Å². The maximum Gasteiger partial charge on any atom is 0.573 e. The molecule has 2 N–H and O–H groups in total. The number of nitrogens with zero attached hydrogens (tertiary/aromatic N) is 4. The molecule has 0 bridgehead atoms. The van der Waals surface area contributed by atoms with Gasteiger partial charge in [-0.3, -0.25) is 4.79 Å². The summed E-state index contributed by atoms with van der Waals surface area (Å²) in [6.07, 6.45) is 0.114. The van der Waals surface area contributed by atoms with E-state index in [0.717, 1.165) is 29.3 Å². The van der Waals surface area contributed by atoms with Gasteiger partial charge in [0.05, 0.1) is 25.0 Å². The molecule has 0 aliphatic carbocycles. The van der Waals surface area contributed by atoms with E-state index >= 15 is 0 Å². The zero-order valence-electron chi connectivity index (χ0n) is 23.9. The second kappa shape index (κ2) is 12.1. The van der Waals surface area contributed by atoms with Crippen LogP contribution in [0.3, 0.4) is 0 Å². The zero-order chi connectivity index (χ0) is 30.1. The lowest BCUT2D eigenvalue weighted by Gasteiger charge is -2.32. The van der Waals surface area contributed by atoms with Crippen molar-refractivity contribution in [3.05, 3.63) is 41.7 Å². The lowest BCUT2D eigenvalue weighted by Crippen LogP contribution is -2.38. The number of benzene rings is 1. The average molecular weight is 608 g/mol. The van der Waals surface area contributed by atoms with Crippen LogP contribution in [0.25, 0.3) is 11.2 Å². The highest BCUT2D eigenvalue weighted by molar-refractivity contribution is 6.76. The van der Waals surface area contributed by atoms with Gasteiger partial charge in [-0.25, -0.2) is 9.97 Å². The minimum atomic E-state index is -4.84. The van der Waals surface area contributed by atoms with E-state index in [1.807, 2.05) is 10.8 Å². The summed E-state index contributed by atoms with van der Waals surface area (Å²) in [6, 6.07) is 4.44. The summed E-state index contributed by atoms with van der Waals surface area (Å²) in [4.78, 5) is 24.3. The van der Waals surface area contributed by atoms with E-state index in [1.165, 1.54) is 6.07 Å². The highest BCUT2D eigenvalue weighted by atomic mass is 28.3. The third-order valence-corrected chi connectivity index (χ3v) is 9.11. The fourth-order valence-electron chi connectivity index (χ4n) is 5.01. The summed E-state index contributed by atoms with van der Waals surface area (Å²) in [5, 5.41) is 0. The largest absolute Gasteiger partial charge is 0.573 e. The van der Waals surface area contributed by atoms with Gasteiger partial charge in [0.1, 0.15) is 24.1 Å². The van der Waals surface area contributed by atoms with Crippen LogP contribution in [-0.4, -0.2) is 78.8 Å². The van der Waals surface area contributed by atoms with Gasteiger partial charge in [-0.05, 0) is 36.9 Å². The summed E-state index contributed by atoms with van der Waals surface area (Å²) in [6.45, 7) is 9.90. The van der Waals surface area contributed by atoms with Crippen LogP contribution < -0.4 is 15.2 Å². The summed E-state index contributed by atoms with van der Waals surface area (Å²) >= 11 is 0. The molecule has 2 aromatic heterocycles. The molecular formula is C28H36F3N5O5Si. The van der Waals surface area contributed by atoms with Gasteiger partial charge in [0.25, 0.3) is 5.91 Å². The van der Waals surface area contributed by atoms with Gasteiger partial charge in [0, 0.05) is 51.3 Å². The number of nitrogens with two attached hydrogens (primary N) is 1. The first-order valence-electron chi connectivity index (χ1n) is 14.0. The van der Waals surface area contributed by atoms with E-state index in [4.69, 9.17) is 24.9 Å². The first kappa shape index (κ1) is 30.1. The maximum atomic E-state index is 13.2.